The molecule has 3 aromatic rings. The van der Waals surface area contributed by atoms with Crippen LogP contribution >= 0.6 is 0 Å². The molecule has 0 saturated carbocycles. The zero-order valence-electron chi connectivity index (χ0n) is 19.9. The van der Waals surface area contributed by atoms with E-state index < -0.39 is 0 Å². The average Bonchev–Trinajstić information content (AvgIpc) is 3.25. The van der Waals surface area contributed by atoms with E-state index in [4.69, 9.17) is 9.47 Å². The topological polar surface area (TPSA) is 60.8 Å². The van der Waals surface area contributed by atoms with Gasteiger partial charge in [0.1, 0.15) is 18.1 Å². The number of esters is 1. The molecule has 0 unspecified atom stereocenters. The number of allylic oxidation sites excluding steroid dienone is 2. The van der Waals surface area contributed by atoms with Gasteiger partial charge in [0, 0.05) is 25.0 Å². The maximum atomic E-state index is 13.7. The van der Waals surface area contributed by atoms with Crippen LogP contribution in [0.4, 0.5) is 0 Å². The molecule has 6 heteroatoms. The van der Waals surface area contributed by atoms with E-state index in [1.807, 2.05) is 78.2 Å². The van der Waals surface area contributed by atoms with Gasteiger partial charge in [-0.05, 0) is 50.5 Å². The quantitative estimate of drug-likeness (QED) is 0.342. The summed E-state index contributed by atoms with van der Waals surface area (Å²) < 4.78 is 13.4. The molecule has 1 fully saturated rings. The number of carbonyl (C=O) groups excluding carboxylic acids is 2. The lowest BCUT2D eigenvalue weighted by Crippen LogP contribution is -2.43. The van der Waals surface area contributed by atoms with Crippen molar-refractivity contribution in [2.45, 2.75) is 39.8 Å². The van der Waals surface area contributed by atoms with Gasteiger partial charge in [-0.15, -0.1) is 0 Å². The van der Waals surface area contributed by atoms with Crippen LogP contribution in [0.2, 0.25) is 0 Å². The first kappa shape index (κ1) is 23.6. The minimum Gasteiger partial charge on any atom is -0.488 e. The van der Waals surface area contributed by atoms with Crippen LogP contribution in [-0.2, 0) is 22.7 Å². The Bertz CT molecular complexity index is 1170. The molecular formula is C28H32N2O4. The minimum absolute atomic E-state index is 0.0660. The summed E-state index contributed by atoms with van der Waals surface area (Å²) in [7, 11) is 0. The molecule has 0 bridgehead atoms. The van der Waals surface area contributed by atoms with Crippen molar-refractivity contribution in [1.82, 2.24) is 9.47 Å². The van der Waals surface area contributed by atoms with Crippen LogP contribution in [0.1, 0.15) is 42.7 Å². The molecule has 0 N–H and O–H groups in total. The van der Waals surface area contributed by atoms with E-state index in [2.05, 4.69) is 0 Å². The summed E-state index contributed by atoms with van der Waals surface area (Å²) in [6.07, 6.45) is 5.55. The van der Waals surface area contributed by atoms with Crippen LogP contribution in [0.3, 0.4) is 0 Å². The summed E-state index contributed by atoms with van der Waals surface area (Å²) in [5, 5.41) is 0.908. The third-order valence-electron chi connectivity index (χ3n) is 6.21. The Morgan fingerprint density at radius 2 is 1.94 bits per heavy atom. The first-order valence-electron chi connectivity index (χ1n) is 12.0. The average molecular weight is 461 g/mol. The number of hydrogen-bond acceptors (Lipinski definition) is 4. The Hall–Kier alpha value is -3.54. The van der Waals surface area contributed by atoms with Gasteiger partial charge in [0.05, 0.1) is 18.0 Å². The number of piperidine rings is 1. The Morgan fingerprint density at radius 1 is 1.12 bits per heavy atom. The van der Waals surface area contributed by atoms with E-state index in [0.29, 0.717) is 38.5 Å². The van der Waals surface area contributed by atoms with Crippen molar-refractivity contribution in [3.05, 3.63) is 78.0 Å². The lowest BCUT2D eigenvalue weighted by Gasteiger charge is -2.31. The van der Waals surface area contributed by atoms with Crippen LogP contribution in [0, 0.1) is 5.92 Å². The highest BCUT2D eigenvalue weighted by atomic mass is 16.5. The van der Waals surface area contributed by atoms with Crippen molar-refractivity contribution in [2.24, 2.45) is 5.92 Å². The van der Waals surface area contributed by atoms with E-state index in [1.165, 1.54) is 0 Å². The molecule has 1 aliphatic heterocycles. The number of benzene rings is 2. The van der Waals surface area contributed by atoms with Gasteiger partial charge in [0.25, 0.3) is 5.91 Å². The third-order valence-corrected chi connectivity index (χ3v) is 6.21. The summed E-state index contributed by atoms with van der Waals surface area (Å²) in [6, 6.07) is 17.9. The van der Waals surface area contributed by atoms with Crippen molar-refractivity contribution in [3.63, 3.8) is 0 Å². The van der Waals surface area contributed by atoms with Crippen molar-refractivity contribution in [1.29, 1.82) is 0 Å². The van der Waals surface area contributed by atoms with Gasteiger partial charge >= 0.3 is 5.97 Å². The fourth-order valence-corrected chi connectivity index (χ4v) is 4.48. The second-order valence-corrected chi connectivity index (χ2v) is 8.51. The fraction of sp³-hybridized carbons (Fsp3) is 0.357. The highest BCUT2D eigenvalue weighted by Crippen LogP contribution is 2.31. The van der Waals surface area contributed by atoms with Gasteiger partial charge < -0.3 is 18.9 Å². The zero-order chi connectivity index (χ0) is 23.9. The maximum Gasteiger partial charge on any atom is 0.310 e. The Kier molecular flexibility index (Phi) is 7.68. The highest BCUT2D eigenvalue weighted by Gasteiger charge is 2.31. The third kappa shape index (κ3) is 5.16. The normalized spacial score (nSPS) is 16.2. The second kappa shape index (κ2) is 11.1. The van der Waals surface area contributed by atoms with Crippen molar-refractivity contribution >= 4 is 22.8 Å². The van der Waals surface area contributed by atoms with Crippen molar-refractivity contribution < 1.29 is 19.1 Å². The predicted octanol–water partition coefficient (Wildman–Crippen LogP) is 5.21. The number of rotatable bonds is 8. The van der Waals surface area contributed by atoms with Crippen LogP contribution in [0.25, 0.3) is 10.9 Å². The van der Waals surface area contributed by atoms with Crippen LogP contribution in [0.15, 0.2) is 66.7 Å². The molecule has 178 valence electrons. The summed E-state index contributed by atoms with van der Waals surface area (Å²) >= 11 is 0. The predicted molar refractivity (Wildman–Crippen MR) is 133 cm³/mol. The first-order valence-corrected chi connectivity index (χ1v) is 12.0. The van der Waals surface area contributed by atoms with Gasteiger partial charge in [0.15, 0.2) is 0 Å². The smallest absolute Gasteiger partial charge is 0.310 e. The molecule has 4 rings (SSSR count). The number of nitrogens with zero attached hydrogens (tertiary/aromatic N) is 2. The van der Waals surface area contributed by atoms with Gasteiger partial charge in [-0.2, -0.15) is 0 Å². The fourth-order valence-electron chi connectivity index (χ4n) is 4.48. The molecule has 2 heterocycles. The van der Waals surface area contributed by atoms with E-state index in [9.17, 15) is 9.59 Å². The van der Waals surface area contributed by atoms with Crippen molar-refractivity contribution in [2.75, 3.05) is 19.7 Å². The van der Waals surface area contributed by atoms with E-state index >= 15 is 0 Å². The van der Waals surface area contributed by atoms with Gasteiger partial charge in [-0.1, -0.05) is 48.6 Å². The van der Waals surface area contributed by atoms with E-state index in [-0.39, 0.29) is 17.8 Å². The van der Waals surface area contributed by atoms with E-state index in [0.717, 1.165) is 35.1 Å². The SMILES string of the molecule is C/C=C\Cn1c(C(=O)N2CCC[C@@H](C(=O)OCC)C2)cc2c(OCc3ccccc3)cccc21. The Balaban J connectivity index is 1.64. The summed E-state index contributed by atoms with van der Waals surface area (Å²) in [5.41, 5.74) is 2.64. The number of fused-ring (bicyclic) bond motifs is 1. The molecule has 0 aliphatic carbocycles. The molecule has 2 aromatic carbocycles. The molecule has 0 spiro atoms. The number of hydrogen-bond donors (Lipinski definition) is 0. The first-order chi connectivity index (χ1) is 16.6. The molecule has 34 heavy (non-hydrogen) atoms. The highest BCUT2D eigenvalue weighted by molar-refractivity contribution is 6.00. The van der Waals surface area contributed by atoms with Crippen molar-refractivity contribution in [3.8, 4) is 5.75 Å². The Labute approximate surface area is 200 Å². The van der Waals surface area contributed by atoms with Crippen LogP contribution < -0.4 is 4.74 Å². The summed E-state index contributed by atoms with van der Waals surface area (Å²) in [5.74, 6) is 0.197. The minimum atomic E-state index is -0.268. The number of carbonyl (C=O) groups is 2. The molecule has 1 aromatic heterocycles. The maximum absolute atomic E-state index is 13.7. The molecular weight excluding hydrogens is 428 g/mol. The monoisotopic (exact) mass is 460 g/mol. The molecule has 1 saturated heterocycles. The molecule has 1 aliphatic rings. The van der Waals surface area contributed by atoms with Gasteiger partial charge in [-0.3, -0.25) is 9.59 Å². The lowest BCUT2D eigenvalue weighted by molar-refractivity contribution is -0.149. The van der Waals surface area contributed by atoms with Gasteiger partial charge in [0.2, 0.25) is 0 Å². The number of amides is 1. The molecule has 1 atom stereocenters. The van der Waals surface area contributed by atoms with Crippen LogP contribution in [-0.4, -0.2) is 41.0 Å². The summed E-state index contributed by atoms with van der Waals surface area (Å²) in [6.45, 7) is 6.19. The largest absolute Gasteiger partial charge is 0.488 e. The Morgan fingerprint density at radius 3 is 2.71 bits per heavy atom. The molecule has 1 amide bonds. The lowest BCUT2D eigenvalue weighted by atomic mass is 9.98. The second-order valence-electron chi connectivity index (χ2n) is 8.51. The molecule has 0 radical (unpaired) electrons. The van der Waals surface area contributed by atoms with Crippen LogP contribution in [0.5, 0.6) is 5.75 Å². The standard InChI is InChI=1S/C28H32N2O4/c1-3-5-17-30-24-14-9-15-26(34-20-21-11-7-6-8-12-21)23(24)18-25(30)27(31)29-16-10-13-22(19-29)28(32)33-4-2/h3,5-9,11-12,14-15,18,22H,4,10,13,16-17,19-20H2,1-2H3/b5-3-/t22-/m1/s1. The zero-order valence-corrected chi connectivity index (χ0v) is 19.9. The summed E-state index contributed by atoms with van der Waals surface area (Å²) in [4.78, 5) is 27.7. The molecule has 6 nitrogen and oxygen atoms in total. The number of aromatic nitrogens is 1. The van der Waals surface area contributed by atoms with E-state index in [1.54, 1.807) is 11.8 Å². The van der Waals surface area contributed by atoms with Gasteiger partial charge in [-0.25, -0.2) is 0 Å². The number of ether oxygens (including phenoxy) is 2. The number of likely N-dealkylation sites (tertiary alicyclic amines) is 1.